The molecule has 0 aromatic carbocycles. The predicted octanol–water partition coefficient (Wildman–Crippen LogP) is 0.148. The molecule has 0 bridgehead atoms. The SMILES string of the molecule is Cc1oc(CN2CCCC2CO)cc1C(=O)NN. The molecule has 1 aromatic heterocycles. The predicted molar refractivity (Wildman–Crippen MR) is 65.6 cm³/mol. The minimum atomic E-state index is -0.345. The highest BCUT2D eigenvalue weighted by Crippen LogP contribution is 2.22. The molecule has 18 heavy (non-hydrogen) atoms. The number of nitrogens with two attached hydrogens (primary N) is 1. The number of rotatable bonds is 4. The molecule has 0 spiro atoms. The number of nitrogens with zero attached hydrogens (tertiary/aromatic N) is 1. The number of carbonyl (C=O) groups excluding carboxylic acids is 1. The molecule has 1 saturated heterocycles. The van der Waals surface area contributed by atoms with Gasteiger partial charge in [0.15, 0.2) is 0 Å². The lowest BCUT2D eigenvalue weighted by Crippen LogP contribution is -2.31. The minimum absolute atomic E-state index is 0.163. The van der Waals surface area contributed by atoms with Gasteiger partial charge in [-0.1, -0.05) is 0 Å². The van der Waals surface area contributed by atoms with Crippen molar-refractivity contribution in [2.45, 2.75) is 32.4 Å². The Morgan fingerprint density at radius 2 is 2.50 bits per heavy atom. The van der Waals surface area contributed by atoms with Crippen LogP contribution in [0.15, 0.2) is 10.5 Å². The van der Waals surface area contributed by atoms with Crippen LogP contribution in [0.5, 0.6) is 0 Å². The Kier molecular flexibility index (Phi) is 4.00. The molecule has 1 atom stereocenters. The van der Waals surface area contributed by atoms with Crippen molar-refractivity contribution in [2.75, 3.05) is 13.2 Å². The molecule has 1 aromatic rings. The summed E-state index contributed by atoms with van der Waals surface area (Å²) in [5.41, 5.74) is 2.56. The van der Waals surface area contributed by atoms with Gasteiger partial charge < -0.3 is 9.52 Å². The van der Waals surface area contributed by atoms with Gasteiger partial charge in [-0.25, -0.2) is 5.84 Å². The Labute approximate surface area is 106 Å². The monoisotopic (exact) mass is 253 g/mol. The highest BCUT2D eigenvalue weighted by atomic mass is 16.3. The highest BCUT2D eigenvalue weighted by molar-refractivity contribution is 5.94. The van der Waals surface area contributed by atoms with Crippen LogP contribution >= 0.6 is 0 Å². The minimum Gasteiger partial charge on any atom is -0.464 e. The van der Waals surface area contributed by atoms with Crippen molar-refractivity contribution in [1.29, 1.82) is 0 Å². The number of hydrazine groups is 1. The van der Waals surface area contributed by atoms with Crippen molar-refractivity contribution in [2.24, 2.45) is 5.84 Å². The molecule has 1 amide bonds. The van der Waals surface area contributed by atoms with Gasteiger partial charge in [0.2, 0.25) is 0 Å². The van der Waals surface area contributed by atoms with Gasteiger partial charge >= 0.3 is 0 Å². The summed E-state index contributed by atoms with van der Waals surface area (Å²) in [5, 5.41) is 9.25. The van der Waals surface area contributed by atoms with E-state index in [1.807, 2.05) is 0 Å². The van der Waals surface area contributed by atoms with Crippen molar-refractivity contribution >= 4 is 5.91 Å². The number of carbonyl (C=O) groups is 1. The molecule has 2 heterocycles. The van der Waals surface area contributed by atoms with Crippen molar-refractivity contribution in [3.63, 3.8) is 0 Å². The largest absolute Gasteiger partial charge is 0.464 e. The third kappa shape index (κ3) is 2.55. The van der Waals surface area contributed by atoms with E-state index in [-0.39, 0.29) is 18.6 Å². The van der Waals surface area contributed by atoms with Gasteiger partial charge in [-0.3, -0.25) is 15.1 Å². The van der Waals surface area contributed by atoms with E-state index in [2.05, 4.69) is 10.3 Å². The van der Waals surface area contributed by atoms with E-state index in [9.17, 15) is 9.90 Å². The summed E-state index contributed by atoms with van der Waals surface area (Å²) >= 11 is 0. The van der Waals surface area contributed by atoms with Gasteiger partial charge in [0, 0.05) is 6.04 Å². The summed E-state index contributed by atoms with van der Waals surface area (Å²) in [5.74, 6) is 6.05. The maximum atomic E-state index is 11.5. The summed E-state index contributed by atoms with van der Waals surface area (Å²) < 4.78 is 5.55. The van der Waals surface area contributed by atoms with Crippen molar-refractivity contribution in [3.8, 4) is 0 Å². The number of furan rings is 1. The molecule has 1 fully saturated rings. The van der Waals surface area contributed by atoms with Gasteiger partial charge in [-0.05, 0) is 32.4 Å². The number of hydrogen-bond donors (Lipinski definition) is 3. The summed E-state index contributed by atoms with van der Waals surface area (Å²) in [6.07, 6.45) is 2.09. The van der Waals surface area contributed by atoms with E-state index in [1.165, 1.54) is 0 Å². The fraction of sp³-hybridized carbons (Fsp3) is 0.583. The number of likely N-dealkylation sites (tertiary alicyclic amines) is 1. The molecule has 1 unspecified atom stereocenters. The van der Waals surface area contributed by atoms with E-state index in [1.54, 1.807) is 13.0 Å². The topological polar surface area (TPSA) is 91.7 Å². The number of amides is 1. The second-order valence-corrected chi connectivity index (χ2v) is 4.61. The zero-order chi connectivity index (χ0) is 13.1. The van der Waals surface area contributed by atoms with Gasteiger partial charge in [-0.2, -0.15) is 0 Å². The number of nitrogen functional groups attached to an aromatic ring is 1. The second-order valence-electron chi connectivity index (χ2n) is 4.61. The molecule has 2 rings (SSSR count). The van der Waals surface area contributed by atoms with E-state index >= 15 is 0 Å². The van der Waals surface area contributed by atoms with Crippen molar-refractivity contribution in [1.82, 2.24) is 10.3 Å². The smallest absolute Gasteiger partial charge is 0.268 e. The van der Waals surface area contributed by atoms with Gasteiger partial charge in [0.25, 0.3) is 5.91 Å². The molecule has 6 nitrogen and oxygen atoms in total. The number of aryl methyl sites for hydroxylation is 1. The second kappa shape index (κ2) is 5.51. The van der Waals surface area contributed by atoms with Crippen LogP contribution in [0.3, 0.4) is 0 Å². The fourth-order valence-corrected chi connectivity index (χ4v) is 2.44. The van der Waals surface area contributed by atoms with Crippen molar-refractivity contribution < 1.29 is 14.3 Å². The van der Waals surface area contributed by atoms with Gasteiger partial charge in [0.1, 0.15) is 11.5 Å². The standard InChI is InChI=1S/C12H19N3O3/c1-8-11(12(17)14-13)5-10(18-8)6-15-4-2-3-9(15)7-16/h5,9,16H,2-4,6-7,13H2,1H3,(H,14,17). The van der Waals surface area contributed by atoms with Crippen LogP contribution < -0.4 is 11.3 Å². The van der Waals surface area contributed by atoms with Crippen LogP contribution in [0, 0.1) is 6.92 Å². The van der Waals surface area contributed by atoms with Crippen LogP contribution in [0.4, 0.5) is 0 Å². The van der Waals surface area contributed by atoms with Gasteiger partial charge in [-0.15, -0.1) is 0 Å². The third-order valence-electron chi connectivity index (χ3n) is 3.41. The average Bonchev–Trinajstić information content (AvgIpc) is 2.95. The van der Waals surface area contributed by atoms with Gasteiger partial charge in [0.05, 0.1) is 18.7 Å². The first-order valence-corrected chi connectivity index (χ1v) is 6.11. The Morgan fingerprint density at radius 1 is 1.72 bits per heavy atom. The van der Waals surface area contributed by atoms with E-state index in [0.717, 1.165) is 25.1 Å². The average molecular weight is 253 g/mol. The first-order valence-electron chi connectivity index (χ1n) is 6.11. The number of aliphatic hydroxyl groups is 1. The molecule has 4 N–H and O–H groups in total. The summed E-state index contributed by atoms with van der Waals surface area (Å²) in [6, 6.07) is 1.91. The Balaban J connectivity index is 2.08. The molecule has 1 aliphatic heterocycles. The first-order chi connectivity index (χ1) is 8.65. The van der Waals surface area contributed by atoms with E-state index < -0.39 is 0 Å². The molecule has 0 saturated carbocycles. The summed E-state index contributed by atoms with van der Waals surface area (Å²) in [4.78, 5) is 13.6. The summed E-state index contributed by atoms with van der Waals surface area (Å²) in [6.45, 7) is 3.46. The Morgan fingerprint density at radius 3 is 3.17 bits per heavy atom. The molecule has 6 heteroatoms. The quantitative estimate of drug-likeness (QED) is 0.403. The molecule has 1 aliphatic rings. The highest BCUT2D eigenvalue weighted by Gasteiger charge is 2.25. The van der Waals surface area contributed by atoms with Crippen LogP contribution in [0.1, 0.15) is 34.7 Å². The molecular weight excluding hydrogens is 234 g/mol. The lowest BCUT2D eigenvalue weighted by atomic mass is 10.2. The zero-order valence-corrected chi connectivity index (χ0v) is 10.5. The Hall–Kier alpha value is -1.37. The van der Waals surface area contributed by atoms with E-state index in [4.69, 9.17) is 10.3 Å². The normalized spacial score (nSPS) is 20.3. The number of nitrogens with one attached hydrogen (secondary N) is 1. The molecule has 0 radical (unpaired) electrons. The molecule has 100 valence electrons. The molecule has 0 aliphatic carbocycles. The van der Waals surface area contributed by atoms with Crippen LogP contribution in [0.2, 0.25) is 0 Å². The van der Waals surface area contributed by atoms with Crippen LogP contribution in [-0.2, 0) is 6.54 Å². The van der Waals surface area contributed by atoms with Crippen LogP contribution in [0.25, 0.3) is 0 Å². The summed E-state index contributed by atoms with van der Waals surface area (Å²) in [7, 11) is 0. The maximum Gasteiger partial charge on any atom is 0.268 e. The maximum absolute atomic E-state index is 11.5. The molecular formula is C12H19N3O3. The lowest BCUT2D eigenvalue weighted by molar-refractivity contribution is 0.0952. The first kappa shape index (κ1) is 13.1. The zero-order valence-electron chi connectivity index (χ0n) is 10.5. The number of aliphatic hydroxyl groups excluding tert-OH is 1. The number of hydrogen-bond acceptors (Lipinski definition) is 5. The van der Waals surface area contributed by atoms with E-state index in [0.29, 0.717) is 17.9 Å². The van der Waals surface area contributed by atoms with Crippen LogP contribution in [-0.4, -0.2) is 35.1 Å². The fourth-order valence-electron chi connectivity index (χ4n) is 2.44. The third-order valence-corrected chi connectivity index (χ3v) is 3.41. The Bertz CT molecular complexity index is 430. The lowest BCUT2D eigenvalue weighted by Gasteiger charge is -2.21. The van der Waals surface area contributed by atoms with Crippen molar-refractivity contribution in [3.05, 3.63) is 23.2 Å².